The topological polar surface area (TPSA) is 101 Å². The summed E-state index contributed by atoms with van der Waals surface area (Å²) in [6.07, 6.45) is 4.60. The van der Waals surface area contributed by atoms with Gasteiger partial charge in [-0.3, -0.25) is 4.79 Å². The van der Waals surface area contributed by atoms with Crippen molar-refractivity contribution < 1.29 is 13.2 Å². The van der Waals surface area contributed by atoms with Gasteiger partial charge in [0.15, 0.2) is 0 Å². The van der Waals surface area contributed by atoms with E-state index in [0.717, 1.165) is 37.7 Å². The minimum absolute atomic E-state index is 0.122. The molecule has 2 atom stereocenters. The number of amides is 1. The SMILES string of the molecule is NC[C@H]1CCCC[C@H]1NS(=O)(=O)c1ccc2c(c1)C(=O)NCC2. The van der Waals surface area contributed by atoms with Crippen LogP contribution in [0.1, 0.15) is 41.6 Å². The monoisotopic (exact) mass is 337 g/mol. The van der Waals surface area contributed by atoms with Crippen molar-refractivity contribution in [3.8, 4) is 0 Å². The van der Waals surface area contributed by atoms with Gasteiger partial charge in [-0.15, -0.1) is 0 Å². The number of rotatable bonds is 4. The highest BCUT2D eigenvalue weighted by molar-refractivity contribution is 7.89. The Labute approximate surface area is 136 Å². The smallest absolute Gasteiger partial charge is 0.251 e. The molecule has 3 rings (SSSR count). The zero-order chi connectivity index (χ0) is 16.4. The van der Waals surface area contributed by atoms with Crippen molar-refractivity contribution in [2.24, 2.45) is 11.7 Å². The second-order valence-electron chi connectivity index (χ2n) is 6.33. The number of nitrogens with one attached hydrogen (secondary N) is 2. The van der Waals surface area contributed by atoms with Crippen molar-refractivity contribution in [3.63, 3.8) is 0 Å². The summed E-state index contributed by atoms with van der Waals surface area (Å²) in [5.74, 6) is -0.0275. The van der Waals surface area contributed by atoms with E-state index in [-0.39, 0.29) is 22.8 Å². The first kappa shape index (κ1) is 16.4. The van der Waals surface area contributed by atoms with Crippen LogP contribution in [0.15, 0.2) is 23.1 Å². The van der Waals surface area contributed by atoms with Crippen LogP contribution in [0.2, 0.25) is 0 Å². The van der Waals surface area contributed by atoms with Gasteiger partial charge in [0.1, 0.15) is 0 Å². The van der Waals surface area contributed by atoms with E-state index in [4.69, 9.17) is 5.73 Å². The maximum atomic E-state index is 12.7. The summed E-state index contributed by atoms with van der Waals surface area (Å²) >= 11 is 0. The summed E-state index contributed by atoms with van der Waals surface area (Å²) in [6.45, 7) is 1.08. The van der Waals surface area contributed by atoms with Crippen molar-refractivity contribution in [2.75, 3.05) is 13.1 Å². The van der Waals surface area contributed by atoms with Gasteiger partial charge >= 0.3 is 0 Å². The van der Waals surface area contributed by atoms with Gasteiger partial charge in [0.2, 0.25) is 10.0 Å². The minimum atomic E-state index is -3.65. The molecular weight excluding hydrogens is 314 g/mol. The predicted octanol–water partition coefficient (Wildman–Crippen LogP) is 0.768. The van der Waals surface area contributed by atoms with Crippen molar-refractivity contribution >= 4 is 15.9 Å². The van der Waals surface area contributed by atoms with Gasteiger partial charge in [0.05, 0.1) is 4.90 Å². The van der Waals surface area contributed by atoms with Gasteiger partial charge < -0.3 is 11.1 Å². The van der Waals surface area contributed by atoms with E-state index in [1.54, 1.807) is 12.1 Å². The maximum absolute atomic E-state index is 12.7. The highest BCUT2D eigenvalue weighted by Crippen LogP contribution is 2.26. The lowest BCUT2D eigenvalue weighted by Crippen LogP contribution is -2.44. The largest absolute Gasteiger partial charge is 0.352 e. The average molecular weight is 337 g/mol. The Morgan fingerprint density at radius 1 is 1.26 bits per heavy atom. The van der Waals surface area contributed by atoms with Crippen LogP contribution < -0.4 is 15.8 Å². The molecule has 0 spiro atoms. The van der Waals surface area contributed by atoms with Gasteiger partial charge in [-0.25, -0.2) is 13.1 Å². The van der Waals surface area contributed by atoms with Crippen molar-refractivity contribution in [3.05, 3.63) is 29.3 Å². The van der Waals surface area contributed by atoms with E-state index in [1.165, 1.54) is 6.07 Å². The summed E-state index contributed by atoms with van der Waals surface area (Å²) in [7, 11) is -3.65. The van der Waals surface area contributed by atoms with Gasteiger partial charge in [-0.05, 0) is 49.4 Å². The summed E-state index contributed by atoms with van der Waals surface area (Å²) < 4.78 is 28.1. The number of carbonyl (C=O) groups is 1. The summed E-state index contributed by atoms with van der Waals surface area (Å²) in [6, 6.07) is 4.68. The maximum Gasteiger partial charge on any atom is 0.251 e. The molecular formula is C16H23N3O3S. The number of sulfonamides is 1. The summed E-state index contributed by atoms with van der Waals surface area (Å²) in [5, 5.41) is 2.74. The Hall–Kier alpha value is -1.44. The predicted molar refractivity (Wildman–Crippen MR) is 87.6 cm³/mol. The number of benzene rings is 1. The Morgan fingerprint density at radius 2 is 2.04 bits per heavy atom. The molecule has 126 valence electrons. The van der Waals surface area contributed by atoms with E-state index < -0.39 is 10.0 Å². The molecule has 1 aliphatic carbocycles. The molecule has 1 heterocycles. The first-order chi connectivity index (χ1) is 11.0. The third kappa shape index (κ3) is 3.41. The number of fused-ring (bicyclic) bond motifs is 1. The van der Waals surface area contributed by atoms with Crippen molar-refractivity contribution in [2.45, 2.75) is 43.0 Å². The quantitative estimate of drug-likeness (QED) is 0.755. The number of hydrogen-bond donors (Lipinski definition) is 3. The molecule has 23 heavy (non-hydrogen) atoms. The van der Waals surface area contributed by atoms with Crippen LogP contribution in [0.25, 0.3) is 0 Å². The molecule has 1 saturated carbocycles. The number of hydrogen-bond acceptors (Lipinski definition) is 4. The molecule has 1 fully saturated rings. The Bertz CT molecular complexity index is 703. The average Bonchev–Trinajstić information content (AvgIpc) is 2.55. The molecule has 7 heteroatoms. The molecule has 1 aromatic carbocycles. The lowest BCUT2D eigenvalue weighted by molar-refractivity contribution is 0.0945. The van der Waals surface area contributed by atoms with Gasteiger partial charge in [0, 0.05) is 18.2 Å². The van der Waals surface area contributed by atoms with E-state index in [9.17, 15) is 13.2 Å². The first-order valence-corrected chi connectivity index (χ1v) is 9.63. The van der Waals surface area contributed by atoms with Crippen LogP contribution in [-0.4, -0.2) is 33.5 Å². The fraction of sp³-hybridized carbons (Fsp3) is 0.562. The van der Waals surface area contributed by atoms with E-state index >= 15 is 0 Å². The molecule has 0 saturated heterocycles. The summed E-state index contributed by atoms with van der Waals surface area (Å²) in [5.41, 5.74) is 7.12. The van der Waals surface area contributed by atoms with Gasteiger partial charge in [0.25, 0.3) is 5.91 Å². The minimum Gasteiger partial charge on any atom is -0.352 e. The highest BCUT2D eigenvalue weighted by atomic mass is 32.2. The molecule has 0 radical (unpaired) electrons. The molecule has 1 amide bonds. The van der Waals surface area contributed by atoms with Gasteiger partial charge in [-0.1, -0.05) is 18.9 Å². The molecule has 1 aromatic rings. The van der Waals surface area contributed by atoms with E-state index in [1.807, 2.05) is 0 Å². The molecule has 0 aromatic heterocycles. The van der Waals surface area contributed by atoms with Crippen LogP contribution in [-0.2, 0) is 16.4 Å². The van der Waals surface area contributed by atoms with Crippen molar-refractivity contribution in [1.29, 1.82) is 0 Å². The Kier molecular flexibility index (Phi) is 4.70. The fourth-order valence-corrected chi connectivity index (χ4v) is 4.84. The second kappa shape index (κ2) is 6.59. The third-order valence-corrected chi connectivity index (χ3v) is 6.32. The Morgan fingerprint density at radius 3 is 2.83 bits per heavy atom. The third-order valence-electron chi connectivity index (χ3n) is 4.83. The van der Waals surface area contributed by atoms with Crippen LogP contribution in [0.5, 0.6) is 0 Å². The second-order valence-corrected chi connectivity index (χ2v) is 8.05. The molecule has 1 aliphatic heterocycles. The molecule has 4 N–H and O–H groups in total. The molecule has 0 bridgehead atoms. The standard InChI is InChI=1S/C16H23N3O3S/c17-10-12-3-1-2-4-15(12)19-23(21,22)13-6-5-11-7-8-18-16(20)14(11)9-13/h5-6,9,12,15,19H,1-4,7-8,10,17H2,(H,18,20)/t12-,15-/m1/s1. The summed E-state index contributed by atoms with van der Waals surface area (Å²) in [4.78, 5) is 12.1. The van der Waals surface area contributed by atoms with E-state index in [2.05, 4.69) is 10.0 Å². The van der Waals surface area contributed by atoms with E-state index in [0.29, 0.717) is 18.7 Å². The normalized spacial score (nSPS) is 24.8. The first-order valence-electron chi connectivity index (χ1n) is 8.15. The van der Waals surface area contributed by atoms with Crippen LogP contribution >= 0.6 is 0 Å². The van der Waals surface area contributed by atoms with Crippen molar-refractivity contribution in [1.82, 2.24) is 10.0 Å². The fourth-order valence-electron chi connectivity index (χ4n) is 3.47. The van der Waals surface area contributed by atoms with Crippen LogP contribution in [0, 0.1) is 5.92 Å². The molecule has 2 aliphatic rings. The highest BCUT2D eigenvalue weighted by Gasteiger charge is 2.29. The van der Waals surface area contributed by atoms with Gasteiger partial charge in [-0.2, -0.15) is 0 Å². The van der Waals surface area contributed by atoms with Crippen LogP contribution in [0.3, 0.4) is 0 Å². The van der Waals surface area contributed by atoms with Crippen LogP contribution in [0.4, 0.5) is 0 Å². The number of nitrogens with two attached hydrogens (primary N) is 1. The zero-order valence-electron chi connectivity index (χ0n) is 13.0. The lowest BCUT2D eigenvalue weighted by atomic mass is 9.85. The molecule has 0 unspecified atom stereocenters. The Balaban J connectivity index is 1.85. The zero-order valence-corrected chi connectivity index (χ0v) is 13.9. The molecule has 6 nitrogen and oxygen atoms in total. The lowest BCUT2D eigenvalue weighted by Gasteiger charge is -2.31. The number of carbonyl (C=O) groups excluding carboxylic acids is 1.